The molecule has 2 N–H and O–H groups in total. The smallest absolute Gasteiger partial charge is 0.317 e. The first-order chi connectivity index (χ1) is 9.50. The Morgan fingerprint density at radius 2 is 2.20 bits per heavy atom. The molecule has 6 heteroatoms. The van der Waals surface area contributed by atoms with Gasteiger partial charge in [-0.25, -0.2) is 4.79 Å². The Morgan fingerprint density at radius 3 is 2.80 bits per heavy atom. The van der Waals surface area contributed by atoms with Crippen molar-refractivity contribution in [2.24, 2.45) is 5.92 Å². The van der Waals surface area contributed by atoms with Crippen molar-refractivity contribution in [1.82, 2.24) is 10.2 Å². The molecule has 20 heavy (non-hydrogen) atoms. The number of amides is 2. The number of aliphatic carboxylic acids is 1. The van der Waals surface area contributed by atoms with E-state index in [0.29, 0.717) is 25.9 Å². The molecule has 1 fully saturated rings. The number of carbonyl (C=O) groups excluding carboxylic acids is 1. The van der Waals surface area contributed by atoms with Crippen LogP contribution in [0.5, 0.6) is 0 Å². The zero-order valence-corrected chi connectivity index (χ0v) is 12.4. The van der Waals surface area contributed by atoms with Gasteiger partial charge in [0.05, 0.1) is 12.0 Å². The van der Waals surface area contributed by atoms with Crippen molar-refractivity contribution in [2.45, 2.75) is 45.1 Å². The largest absolute Gasteiger partial charge is 0.481 e. The highest BCUT2D eigenvalue weighted by Gasteiger charge is 2.18. The van der Waals surface area contributed by atoms with E-state index in [9.17, 15) is 9.59 Å². The van der Waals surface area contributed by atoms with Crippen molar-refractivity contribution in [3.63, 3.8) is 0 Å². The van der Waals surface area contributed by atoms with E-state index in [1.54, 1.807) is 18.9 Å². The van der Waals surface area contributed by atoms with Crippen LogP contribution in [0.25, 0.3) is 0 Å². The van der Waals surface area contributed by atoms with Crippen LogP contribution in [0.1, 0.15) is 39.0 Å². The normalized spacial score (nSPS) is 20.2. The van der Waals surface area contributed by atoms with E-state index in [0.717, 1.165) is 25.9 Å². The molecule has 0 spiro atoms. The van der Waals surface area contributed by atoms with Crippen molar-refractivity contribution in [1.29, 1.82) is 0 Å². The average molecular weight is 286 g/mol. The van der Waals surface area contributed by atoms with Crippen LogP contribution in [0.4, 0.5) is 4.79 Å². The van der Waals surface area contributed by atoms with Gasteiger partial charge in [-0.2, -0.15) is 0 Å². The number of likely N-dealkylation sites (N-methyl/N-ethyl adjacent to an activating group) is 1. The van der Waals surface area contributed by atoms with Crippen LogP contribution in [0.15, 0.2) is 0 Å². The van der Waals surface area contributed by atoms with Crippen LogP contribution in [-0.2, 0) is 9.53 Å². The molecule has 2 amide bonds. The molecule has 0 bridgehead atoms. The first-order valence-electron chi connectivity index (χ1n) is 7.34. The molecule has 6 nitrogen and oxygen atoms in total. The summed E-state index contributed by atoms with van der Waals surface area (Å²) in [6.07, 6.45) is 4.67. The first-order valence-corrected chi connectivity index (χ1v) is 7.34. The molecule has 1 aliphatic rings. The van der Waals surface area contributed by atoms with Crippen LogP contribution in [0.2, 0.25) is 0 Å². The second kappa shape index (κ2) is 8.79. The second-order valence-corrected chi connectivity index (χ2v) is 5.48. The van der Waals surface area contributed by atoms with Gasteiger partial charge in [-0.3, -0.25) is 4.79 Å². The van der Waals surface area contributed by atoms with Crippen LogP contribution in [-0.4, -0.2) is 54.9 Å². The van der Waals surface area contributed by atoms with Crippen LogP contribution < -0.4 is 5.32 Å². The predicted octanol–water partition coefficient (Wildman–Crippen LogP) is 1.70. The quantitative estimate of drug-likeness (QED) is 0.698. The lowest BCUT2D eigenvalue weighted by atomic mass is 10.1. The van der Waals surface area contributed by atoms with Crippen LogP contribution in [0, 0.1) is 5.92 Å². The van der Waals surface area contributed by atoms with Crippen molar-refractivity contribution in [2.75, 3.05) is 26.7 Å². The highest BCUT2D eigenvalue weighted by atomic mass is 16.5. The minimum Gasteiger partial charge on any atom is -0.481 e. The molecule has 0 aliphatic carbocycles. The number of carboxylic acids is 1. The lowest BCUT2D eigenvalue weighted by Gasteiger charge is -2.27. The molecule has 0 aromatic carbocycles. The van der Waals surface area contributed by atoms with Gasteiger partial charge in [0.2, 0.25) is 0 Å². The Balaban J connectivity index is 2.13. The minimum absolute atomic E-state index is 0.123. The number of nitrogens with one attached hydrogen (secondary N) is 1. The number of hydrogen-bond donors (Lipinski definition) is 2. The summed E-state index contributed by atoms with van der Waals surface area (Å²) in [5.74, 6) is -1.15. The van der Waals surface area contributed by atoms with E-state index in [4.69, 9.17) is 9.84 Å². The molecule has 1 aliphatic heterocycles. The minimum atomic E-state index is -0.789. The summed E-state index contributed by atoms with van der Waals surface area (Å²) in [4.78, 5) is 24.1. The summed E-state index contributed by atoms with van der Waals surface area (Å²) >= 11 is 0. The third kappa shape index (κ3) is 6.23. The number of rotatable bonds is 7. The van der Waals surface area contributed by atoms with Crippen LogP contribution in [0.3, 0.4) is 0 Å². The standard InChI is InChI=1S/C14H26N2O4/c1-11(13(17)18)6-5-8-15-14(19)16(2)10-12-7-3-4-9-20-12/h11-12H,3-10H2,1-2H3,(H,15,19)(H,17,18). The van der Waals surface area contributed by atoms with Gasteiger partial charge in [0.25, 0.3) is 0 Å². The molecule has 1 heterocycles. The summed E-state index contributed by atoms with van der Waals surface area (Å²) in [6.45, 7) is 3.58. The van der Waals surface area contributed by atoms with Gasteiger partial charge in [-0.15, -0.1) is 0 Å². The molecule has 2 unspecified atom stereocenters. The predicted molar refractivity (Wildman–Crippen MR) is 75.7 cm³/mol. The average Bonchev–Trinajstić information content (AvgIpc) is 2.43. The summed E-state index contributed by atoms with van der Waals surface area (Å²) in [5, 5.41) is 11.6. The van der Waals surface area contributed by atoms with Crippen LogP contribution >= 0.6 is 0 Å². The number of ether oxygens (including phenoxy) is 1. The number of carboxylic acid groups (broad SMARTS) is 1. The monoisotopic (exact) mass is 286 g/mol. The van der Waals surface area contributed by atoms with E-state index in [1.165, 1.54) is 0 Å². The third-order valence-corrected chi connectivity index (χ3v) is 3.61. The highest BCUT2D eigenvalue weighted by molar-refractivity contribution is 5.73. The topological polar surface area (TPSA) is 78.9 Å². The zero-order chi connectivity index (χ0) is 15.0. The molecule has 1 saturated heterocycles. The molecule has 116 valence electrons. The summed E-state index contributed by atoms with van der Waals surface area (Å²) in [5.41, 5.74) is 0. The van der Waals surface area contributed by atoms with Gasteiger partial charge >= 0.3 is 12.0 Å². The van der Waals surface area contributed by atoms with Gasteiger partial charge in [-0.05, 0) is 32.1 Å². The summed E-state index contributed by atoms with van der Waals surface area (Å²) in [7, 11) is 1.76. The van der Waals surface area contributed by atoms with E-state index in [1.807, 2.05) is 0 Å². The van der Waals surface area contributed by atoms with Crippen molar-refractivity contribution < 1.29 is 19.4 Å². The SMILES string of the molecule is CC(CCCNC(=O)N(C)CC1CCCCO1)C(=O)O. The zero-order valence-electron chi connectivity index (χ0n) is 12.4. The fraction of sp³-hybridized carbons (Fsp3) is 0.857. The maximum Gasteiger partial charge on any atom is 0.317 e. The van der Waals surface area contributed by atoms with Gasteiger partial charge in [0.1, 0.15) is 0 Å². The molecule has 0 aromatic heterocycles. The Morgan fingerprint density at radius 1 is 1.45 bits per heavy atom. The Kier molecular flexibility index (Phi) is 7.36. The molecule has 0 radical (unpaired) electrons. The molecule has 1 rings (SSSR count). The van der Waals surface area contributed by atoms with E-state index in [-0.39, 0.29) is 18.1 Å². The van der Waals surface area contributed by atoms with Crippen molar-refractivity contribution in [3.05, 3.63) is 0 Å². The second-order valence-electron chi connectivity index (χ2n) is 5.48. The molecule has 0 saturated carbocycles. The fourth-order valence-electron chi connectivity index (χ4n) is 2.20. The number of nitrogens with zero attached hydrogens (tertiary/aromatic N) is 1. The molecule has 0 aromatic rings. The number of carbonyl (C=O) groups is 2. The molecule has 2 atom stereocenters. The maximum atomic E-state index is 11.8. The van der Waals surface area contributed by atoms with Crippen molar-refractivity contribution >= 4 is 12.0 Å². The van der Waals surface area contributed by atoms with Gasteiger partial charge in [0, 0.05) is 26.7 Å². The summed E-state index contributed by atoms with van der Waals surface area (Å²) in [6, 6.07) is -0.123. The van der Waals surface area contributed by atoms with Gasteiger partial charge in [-0.1, -0.05) is 6.92 Å². The summed E-state index contributed by atoms with van der Waals surface area (Å²) < 4.78 is 5.60. The Hall–Kier alpha value is -1.30. The van der Waals surface area contributed by atoms with E-state index < -0.39 is 5.97 Å². The first kappa shape index (κ1) is 16.8. The van der Waals surface area contributed by atoms with Gasteiger partial charge < -0.3 is 20.1 Å². The Bertz CT molecular complexity index is 316. The highest BCUT2D eigenvalue weighted by Crippen LogP contribution is 2.13. The maximum absolute atomic E-state index is 11.8. The Labute approximate surface area is 120 Å². The fourth-order valence-corrected chi connectivity index (χ4v) is 2.20. The third-order valence-electron chi connectivity index (χ3n) is 3.61. The lowest BCUT2D eigenvalue weighted by Crippen LogP contribution is -2.43. The van der Waals surface area contributed by atoms with Crippen molar-refractivity contribution in [3.8, 4) is 0 Å². The van der Waals surface area contributed by atoms with E-state index in [2.05, 4.69) is 5.32 Å². The lowest BCUT2D eigenvalue weighted by molar-refractivity contribution is -0.141. The number of hydrogen-bond acceptors (Lipinski definition) is 3. The van der Waals surface area contributed by atoms with Gasteiger partial charge in [0.15, 0.2) is 0 Å². The molecular formula is C14H26N2O4. The van der Waals surface area contributed by atoms with E-state index >= 15 is 0 Å². The number of urea groups is 1. The molecular weight excluding hydrogens is 260 g/mol.